The van der Waals surface area contributed by atoms with Gasteiger partial charge in [0.1, 0.15) is 6.04 Å². The molecule has 0 radical (unpaired) electrons. The average Bonchev–Trinajstić information content (AvgIpc) is 3.17. The lowest BCUT2D eigenvalue weighted by Crippen LogP contribution is -2.45. The van der Waals surface area contributed by atoms with Crippen LogP contribution in [0.3, 0.4) is 0 Å². The summed E-state index contributed by atoms with van der Waals surface area (Å²) in [4.78, 5) is 42.2. The minimum atomic E-state index is -0.686. The Labute approximate surface area is 212 Å². The molecular weight excluding hydrogens is 454 g/mol. The molecule has 3 amide bonds. The summed E-state index contributed by atoms with van der Waals surface area (Å²) >= 11 is 0. The Kier molecular flexibility index (Phi) is 8.41. The van der Waals surface area contributed by atoms with Gasteiger partial charge in [0.15, 0.2) is 0 Å². The number of hydrogen-bond donors (Lipinski definition) is 3. The second kappa shape index (κ2) is 11.7. The van der Waals surface area contributed by atoms with E-state index in [1.54, 1.807) is 11.9 Å². The predicted molar refractivity (Wildman–Crippen MR) is 141 cm³/mol. The molecule has 7 nitrogen and oxygen atoms in total. The van der Waals surface area contributed by atoms with Crippen LogP contribution in [0.4, 0.5) is 5.69 Å². The van der Waals surface area contributed by atoms with Crippen molar-refractivity contribution >= 4 is 34.2 Å². The first-order valence-corrected chi connectivity index (χ1v) is 13.1. The zero-order valence-corrected chi connectivity index (χ0v) is 21.2. The molecule has 3 N–H and O–H groups in total. The highest BCUT2D eigenvalue weighted by atomic mass is 16.3. The summed E-state index contributed by atoms with van der Waals surface area (Å²) in [7, 11) is 1.61. The van der Waals surface area contributed by atoms with Gasteiger partial charge in [0.05, 0.1) is 11.8 Å². The van der Waals surface area contributed by atoms with Gasteiger partial charge in [-0.05, 0) is 54.5 Å². The minimum absolute atomic E-state index is 0.0290. The molecule has 7 heteroatoms. The topological polar surface area (TPSA) is 98.7 Å². The maximum absolute atomic E-state index is 13.8. The first-order chi connectivity index (χ1) is 17.5. The molecule has 1 fully saturated rings. The molecule has 1 heterocycles. The fourth-order valence-corrected chi connectivity index (χ4v) is 5.93. The van der Waals surface area contributed by atoms with Crippen LogP contribution in [0.5, 0.6) is 0 Å². The van der Waals surface area contributed by atoms with Crippen molar-refractivity contribution in [3.63, 3.8) is 0 Å². The number of amides is 3. The summed E-state index contributed by atoms with van der Waals surface area (Å²) in [6, 6.07) is 13.1. The number of nitrogens with zero attached hydrogens (tertiary/aromatic N) is 1. The smallest absolute Gasteiger partial charge is 0.247 e. The lowest BCUT2D eigenvalue weighted by Gasteiger charge is -2.34. The van der Waals surface area contributed by atoms with E-state index in [4.69, 9.17) is 5.11 Å². The SMILES string of the molecule is CCC[C@@H]1C=C[C@H]2[C@@H](C(=O)N(CCCCCO)[C@@H]2C(=O)Nc2ccc3ccccc3c2)[C@@H]1C(=O)NC. The second-order valence-corrected chi connectivity index (χ2v) is 9.89. The molecule has 0 unspecified atom stereocenters. The number of hydrogen-bond acceptors (Lipinski definition) is 4. The van der Waals surface area contributed by atoms with E-state index in [9.17, 15) is 14.4 Å². The molecule has 2 aromatic carbocycles. The summed E-state index contributed by atoms with van der Waals surface area (Å²) in [5, 5.41) is 17.1. The molecule has 1 saturated heterocycles. The van der Waals surface area contributed by atoms with Crippen LogP contribution < -0.4 is 10.6 Å². The van der Waals surface area contributed by atoms with E-state index in [0.717, 1.165) is 30.0 Å². The lowest BCUT2D eigenvalue weighted by atomic mass is 9.68. The molecule has 2 aromatic rings. The highest BCUT2D eigenvalue weighted by molar-refractivity contribution is 6.02. The minimum Gasteiger partial charge on any atom is -0.396 e. The second-order valence-electron chi connectivity index (χ2n) is 9.89. The number of carbonyl (C=O) groups is 3. The average molecular weight is 492 g/mol. The van der Waals surface area contributed by atoms with Gasteiger partial charge in [-0.3, -0.25) is 14.4 Å². The number of unbranched alkanes of at least 4 members (excludes halogenated alkanes) is 2. The third-order valence-corrected chi connectivity index (χ3v) is 7.63. The fraction of sp³-hybridized carbons (Fsp3) is 0.483. The fourth-order valence-electron chi connectivity index (χ4n) is 5.93. The molecule has 36 heavy (non-hydrogen) atoms. The van der Waals surface area contributed by atoms with Crippen molar-refractivity contribution in [3.05, 3.63) is 54.6 Å². The number of benzene rings is 2. The number of rotatable bonds is 10. The van der Waals surface area contributed by atoms with E-state index in [1.165, 1.54) is 0 Å². The first-order valence-electron chi connectivity index (χ1n) is 13.1. The number of carbonyl (C=O) groups excluding carboxylic acids is 3. The molecule has 192 valence electrons. The number of aliphatic hydroxyl groups excluding tert-OH is 1. The van der Waals surface area contributed by atoms with E-state index >= 15 is 0 Å². The van der Waals surface area contributed by atoms with Crippen molar-refractivity contribution in [1.29, 1.82) is 0 Å². The maximum atomic E-state index is 13.8. The van der Waals surface area contributed by atoms with Crippen LogP contribution in [0.15, 0.2) is 54.6 Å². The molecular formula is C29H37N3O4. The van der Waals surface area contributed by atoms with E-state index in [2.05, 4.69) is 17.6 Å². The summed E-state index contributed by atoms with van der Waals surface area (Å²) in [5.41, 5.74) is 0.682. The standard InChI is InChI=1S/C29H37N3O4/c1-3-9-20-13-15-23-25(24(20)27(34)30-2)29(36)32(16-7-4-8-17-33)26(23)28(35)31-22-14-12-19-10-5-6-11-21(19)18-22/h5-6,10-15,18,20,23-26,33H,3-4,7-9,16-17H2,1-2H3,(H,30,34)(H,31,35)/t20-,23+,24-,25-,26+/m1/s1. The Hall–Kier alpha value is -3.19. The Balaban J connectivity index is 1.64. The Morgan fingerprint density at radius 1 is 1.00 bits per heavy atom. The normalized spacial score (nSPS) is 25.1. The molecule has 1 aliphatic heterocycles. The molecule has 0 bridgehead atoms. The van der Waals surface area contributed by atoms with Crippen molar-refractivity contribution in [2.75, 3.05) is 25.5 Å². The van der Waals surface area contributed by atoms with E-state index < -0.39 is 17.9 Å². The van der Waals surface area contributed by atoms with E-state index in [-0.39, 0.29) is 36.2 Å². The summed E-state index contributed by atoms with van der Waals surface area (Å²) < 4.78 is 0. The number of anilines is 1. The summed E-state index contributed by atoms with van der Waals surface area (Å²) in [5.74, 6) is -1.95. The van der Waals surface area contributed by atoms with Gasteiger partial charge < -0.3 is 20.6 Å². The van der Waals surface area contributed by atoms with Gasteiger partial charge in [0, 0.05) is 31.8 Å². The Morgan fingerprint density at radius 2 is 1.78 bits per heavy atom. The zero-order chi connectivity index (χ0) is 25.7. The Bertz CT molecular complexity index is 1130. The van der Waals surface area contributed by atoms with Gasteiger partial charge >= 0.3 is 0 Å². The van der Waals surface area contributed by atoms with Crippen LogP contribution in [0.2, 0.25) is 0 Å². The van der Waals surface area contributed by atoms with Gasteiger partial charge in [0.25, 0.3) is 0 Å². The van der Waals surface area contributed by atoms with Gasteiger partial charge in [-0.15, -0.1) is 0 Å². The number of fused-ring (bicyclic) bond motifs is 2. The summed E-state index contributed by atoms with van der Waals surface area (Å²) in [6.45, 7) is 2.60. The van der Waals surface area contributed by atoms with Gasteiger partial charge in [-0.25, -0.2) is 0 Å². The number of likely N-dealkylation sites (tertiary alicyclic amines) is 1. The third-order valence-electron chi connectivity index (χ3n) is 7.63. The lowest BCUT2D eigenvalue weighted by molar-refractivity contribution is -0.140. The molecule has 1 aliphatic carbocycles. The Morgan fingerprint density at radius 3 is 2.50 bits per heavy atom. The number of nitrogens with one attached hydrogen (secondary N) is 2. The summed E-state index contributed by atoms with van der Waals surface area (Å²) in [6.07, 6.45) is 7.88. The van der Waals surface area contributed by atoms with E-state index in [0.29, 0.717) is 25.1 Å². The molecule has 5 atom stereocenters. The predicted octanol–water partition coefficient (Wildman–Crippen LogP) is 3.73. The van der Waals surface area contributed by atoms with Crippen molar-refractivity contribution in [2.24, 2.45) is 23.7 Å². The third kappa shape index (κ3) is 5.16. The zero-order valence-electron chi connectivity index (χ0n) is 21.2. The van der Waals surface area contributed by atoms with Crippen molar-refractivity contribution < 1.29 is 19.5 Å². The maximum Gasteiger partial charge on any atom is 0.247 e. The van der Waals surface area contributed by atoms with Gasteiger partial charge in [0.2, 0.25) is 17.7 Å². The highest BCUT2D eigenvalue weighted by Crippen LogP contribution is 2.45. The number of allylic oxidation sites excluding steroid dienone is 1. The first kappa shape index (κ1) is 25.9. The van der Waals surface area contributed by atoms with Crippen molar-refractivity contribution in [3.8, 4) is 0 Å². The van der Waals surface area contributed by atoms with E-state index in [1.807, 2.05) is 54.6 Å². The van der Waals surface area contributed by atoms with Crippen LogP contribution >= 0.6 is 0 Å². The van der Waals surface area contributed by atoms with Crippen LogP contribution in [0.1, 0.15) is 39.0 Å². The van der Waals surface area contributed by atoms with Crippen LogP contribution in [-0.2, 0) is 14.4 Å². The van der Waals surface area contributed by atoms with Gasteiger partial charge in [-0.1, -0.05) is 55.8 Å². The molecule has 0 spiro atoms. The molecule has 0 aromatic heterocycles. The molecule has 0 saturated carbocycles. The van der Waals surface area contributed by atoms with Crippen molar-refractivity contribution in [1.82, 2.24) is 10.2 Å². The quantitative estimate of drug-likeness (QED) is 0.348. The largest absolute Gasteiger partial charge is 0.396 e. The van der Waals surface area contributed by atoms with Crippen LogP contribution in [0.25, 0.3) is 10.8 Å². The van der Waals surface area contributed by atoms with Crippen molar-refractivity contribution in [2.45, 2.75) is 45.1 Å². The number of aliphatic hydroxyl groups is 1. The van der Waals surface area contributed by atoms with Gasteiger partial charge in [-0.2, -0.15) is 0 Å². The van der Waals surface area contributed by atoms with Crippen LogP contribution in [-0.4, -0.2) is 54.0 Å². The molecule has 2 aliphatic rings. The van der Waals surface area contributed by atoms with Crippen LogP contribution in [0, 0.1) is 23.7 Å². The monoisotopic (exact) mass is 491 g/mol. The highest BCUT2D eigenvalue weighted by Gasteiger charge is 2.56. The molecule has 4 rings (SSSR count).